The van der Waals surface area contributed by atoms with Gasteiger partial charge < -0.3 is 5.32 Å². The highest BCUT2D eigenvalue weighted by atomic mass is 35.5. The zero-order valence-electron chi connectivity index (χ0n) is 13.0. The van der Waals surface area contributed by atoms with Crippen molar-refractivity contribution in [1.29, 1.82) is 0 Å². The summed E-state index contributed by atoms with van der Waals surface area (Å²) in [5.74, 6) is 0. The average Bonchev–Trinajstić information content (AvgIpc) is 2.36. The molecular formula is C15H23ClN2O2S. The lowest BCUT2D eigenvalue weighted by molar-refractivity contribution is 0.493. The Morgan fingerprint density at radius 1 is 1.43 bits per heavy atom. The van der Waals surface area contributed by atoms with Gasteiger partial charge in [0, 0.05) is 31.2 Å². The van der Waals surface area contributed by atoms with Crippen molar-refractivity contribution in [2.45, 2.75) is 38.3 Å². The van der Waals surface area contributed by atoms with Crippen LogP contribution in [0.3, 0.4) is 0 Å². The van der Waals surface area contributed by atoms with Crippen molar-refractivity contribution in [3.05, 3.63) is 40.9 Å². The molecular weight excluding hydrogens is 308 g/mol. The van der Waals surface area contributed by atoms with Gasteiger partial charge in [0.25, 0.3) is 0 Å². The molecule has 0 aromatic heterocycles. The topological polar surface area (TPSA) is 49.4 Å². The van der Waals surface area contributed by atoms with Crippen LogP contribution in [0.1, 0.15) is 26.3 Å². The molecule has 0 aliphatic heterocycles. The van der Waals surface area contributed by atoms with E-state index in [1.165, 1.54) is 10.4 Å². The van der Waals surface area contributed by atoms with Gasteiger partial charge in [-0.05, 0) is 30.7 Å². The number of sulfonamides is 1. The summed E-state index contributed by atoms with van der Waals surface area (Å²) in [5, 5.41) is 3.80. The molecule has 0 saturated carbocycles. The number of hydrogen-bond donors (Lipinski definition) is 1. The molecule has 0 bridgehead atoms. The largest absolute Gasteiger partial charge is 0.310 e. The Bertz CT molecular complexity index is 612. The van der Waals surface area contributed by atoms with Gasteiger partial charge in [-0.25, -0.2) is 8.42 Å². The molecule has 0 aliphatic rings. The van der Waals surface area contributed by atoms with Crippen LogP contribution >= 0.6 is 11.6 Å². The van der Waals surface area contributed by atoms with Crippen LogP contribution in [0, 0.1) is 0 Å². The standard InChI is InChI=1S/C15H23ClN2O2S/c1-11(2)10-18(5)21(19,20)14-6-7-15(16)13(8-14)9-17-12(3)4/h6-8,12,17H,1,9-10H2,2-5H3. The highest BCUT2D eigenvalue weighted by Crippen LogP contribution is 2.23. The molecule has 0 aliphatic carbocycles. The van der Waals surface area contributed by atoms with Crippen molar-refractivity contribution in [2.75, 3.05) is 13.6 Å². The number of rotatable bonds is 7. The quantitative estimate of drug-likeness (QED) is 0.782. The zero-order chi connectivity index (χ0) is 16.2. The number of nitrogens with one attached hydrogen (secondary N) is 1. The van der Waals surface area contributed by atoms with E-state index in [2.05, 4.69) is 11.9 Å². The highest BCUT2D eigenvalue weighted by molar-refractivity contribution is 7.89. The lowest BCUT2D eigenvalue weighted by atomic mass is 10.2. The first-order valence-corrected chi connectivity index (χ1v) is 8.59. The Hall–Kier alpha value is -0.880. The molecule has 1 aromatic rings. The van der Waals surface area contributed by atoms with Crippen LogP contribution in [0.4, 0.5) is 0 Å². The number of hydrogen-bond acceptors (Lipinski definition) is 3. The van der Waals surface area contributed by atoms with Crippen molar-refractivity contribution in [3.8, 4) is 0 Å². The Morgan fingerprint density at radius 3 is 2.57 bits per heavy atom. The van der Waals surface area contributed by atoms with Gasteiger partial charge in [-0.3, -0.25) is 0 Å². The van der Waals surface area contributed by atoms with E-state index in [1.807, 2.05) is 13.8 Å². The molecule has 0 spiro atoms. The van der Waals surface area contributed by atoms with Crippen LogP contribution in [0.2, 0.25) is 5.02 Å². The van der Waals surface area contributed by atoms with Gasteiger partial charge in [0.15, 0.2) is 0 Å². The van der Waals surface area contributed by atoms with Gasteiger partial charge in [-0.2, -0.15) is 4.31 Å². The van der Waals surface area contributed by atoms with Gasteiger partial charge in [-0.1, -0.05) is 37.6 Å². The maximum atomic E-state index is 12.5. The number of nitrogens with zero attached hydrogens (tertiary/aromatic N) is 1. The number of benzene rings is 1. The fraction of sp³-hybridized carbons (Fsp3) is 0.467. The van der Waals surface area contributed by atoms with E-state index in [9.17, 15) is 8.42 Å². The molecule has 0 atom stereocenters. The van der Waals surface area contributed by atoms with E-state index in [1.54, 1.807) is 26.1 Å². The second-order valence-electron chi connectivity index (χ2n) is 5.51. The minimum absolute atomic E-state index is 0.246. The third-order valence-electron chi connectivity index (χ3n) is 2.92. The van der Waals surface area contributed by atoms with Crippen LogP contribution in [-0.4, -0.2) is 32.4 Å². The average molecular weight is 331 g/mol. The second-order valence-corrected chi connectivity index (χ2v) is 7.96. The van der Waals surface area contributed by atoms with E-state index in [0.29, 0.717) is 24.2 Å². The van der Waals surface area contributed by atoms with Gasteiger partial charge >= 0.3 is 0 Å². The highest BCUT2D eigenvalue weighted by Gasteiger charge is 2.21. The maximum absolute atomic E-state index is 12.5. The van der Waals surface area contributed by atoms with Crippen molar-refractivity contribution >= 4 is 21.6 Å². The monoisotopic (exact) mass is 330 g/mol. The van der Waals surface area contributed by atoms with E-state index in [0.717, 1.165) is 11.1 Å². The SMILES string of the molecule is C=C(C)CN(C)S(=O)(=O)c1ccc(Cl)c(CNC(C)C)c1. The summed E-state index contributed by atoms with van der Waals surface area (Å²) in [4.78, 5) is 0.246. The predicted octanol–water partition coefficient (Wildman–Crippen LogP) is 3.03. The molecule has 0 amide bonds. The lowest BCUT2D eigenvalue weighted by Crippen LogP contribution is -2.28. The van der Waals surface area contributed by atoms with Crippen LogP contribution in [0.25, 0.3) is 0 Å². The number of likely N-dealkylation sites (N-methyl/N-ethyl adjacent to an activating group) is 1. The third kappa shape index (κ3) is 5.11. The van der Waals surface area contributed by atoms with E-state index in [4.69, 9.17) is 11.6 Å². The summed E-state index contributed by atoms with van der Waals surface area (Å²) >= 11 is 6.13. The molecule has 1 aromatic carbocycles. The van der Waals surface area contributed by atoms with Crippen molar-refractivity contribution < 1.29 is 8.42 Å². The first-order chi connectivity index (χ1) is 9.64. The molecule has 118 valence electrons. The van der Waals surface area contributed by atoms with Crippen molar-refractivity contribution in [3.63, 3.8) is 0 Å². The summed E-state index contributed by atoms with van der Waals surface area (Å²) in [5.41, 5.74) is 1.56. The summed E-state index contributed by atoms with van der Waals surface area (Å²) < 4.78 is 26.3. The lowest BCUT2D eigenvalue weighted by Gasteiger charge is -2.18. The van der Waals surface area contributed by atoms with Gasteiger partial charge in [0.05, 0.1) is 4.90 Å². The molecule has 0 unspecified atom stereocenters. The first kappa shape index (κ1) is 18.2. The summed E-state index contributed by atoms with van der Waals surface area (Å²) in [6.45, 7) is 10.4. The van der Waals surface area contributed by atoms with Gasteiger partial charge in [0.1, 0.15) is 0 Å². The number of halogens is 1. The van der Waals surface area contributed by atoms with Crippen molar-refractivity contribution in [1.82, 2.24) is 9.62 Å². The first-order valence-electron chi connectivity index (χ1n) is 6.77. The summed E-state index contributed by atoms with van der Waals surface area (Å²) in [6.07, 6.45) is 0. The minimum atomic E-state index is -3.53. The van der Waals surface area contributed by atoms with E-state index >= 15 is 0 Å². The fourth-order valence-electron chi connectivity index (χ4n) is 1.81. The normalized spacial score (nSPS) is 12.1. The second kappa shape index (κ2) is 7.40. The molecule has 4 nitrogen and oxygen atoms in total. The molecule has 6 heteroatoms. The maximum Gasteiger partial charge on any atom is 0.243 e. The van der Waals surface area contributed by atoms with Crippen molar-refractivity contribution in [2.24, 2.45) is 0 Å². The molecule has 21 heavy (non-hydrogen) atoms. The summed E-state index contributed by atoms with van der Waals surface area (Å²) in [6, 6.07) is 5.08. The van der Waals surface area contributed by atoms with Crippen LogP contribution in [-0.2, 0) is 16.6 Å². The zero-order valence-corrected chi connectivity index (χ0v) is 14.6. The van der Waals surface area contributed by atoms with E-state index in [-0.39, 0.29) is 4.90 Å². The van der Waals surface area contributed by atoms with Gasteiger partial charge in [-0.15, -0.1) is 0 Å². The Labute approximate surface area is 132 Å². The molecule has 1 N–H and O–H groups in total. The Balaban J connectivity index is 3.07. The van der Waals surface area contributed by atoms with Crippen LogP contribution in [0.15, 0.2) is 35.2 Å². The van der Waals surface area contributed by atoms with Crippen LogP contribution in [0.5, 0.6) is 0 Å². The Morgan fingerprint density at radius 2 is 2.05 bits per heavy atom. The fourth-order valence-corrected chi connectivity index (χ4v) is 3.27. The molecule has 0 heterocycles. The smallest absolute Gasteiger partial charge is 0.243 e. The molecule has 0 saturated heterocycles. The molecule has 1 rings (SSSR count). The van der Waals surface area contributed by atoms with Crippen LogP contribution < -0.4 is 5.32 Å². The Kier molecular flexibility index (Phi) is 6.41. The third-order valence-corrected chi connectivity index (χ3v) is 5.09. The van der Waals surface area contributed by atoms with Gasteiger partial charge in [0.2, 0.25) is 10.0 Å². The minimum Gasteiger partial charge on any atom is -0.310 e. The molecule has 0 fully saturated rings. The molecule has 0 radical (unpaired) electrons. The van der Waals surface area contributed by atoms with E-state index < -0.39 is 10.0 Å². The predicted molar refractivity (Wildman–Crippen MR) is 88.1 cm³/mol. The summed E-state index contributed by atoms with van der Waals surface area (Å²) in [7, 11) is -1.98.